The first-order chi connectivity index (χ1) is 11.7. The predicted molar refractivity (Wildman–Crippen MR) is 100 cm³/mol. The second kappa shape index (κ2) is 6.63. The maximum absolute atomic E-state index is 5.63. The SMILES string of the molecule is Cn1c(-c2ccccc2)nn(CN2CCC[C@H]2c2cccs2)c1=S. The Kier molecular flexibility index (Phi) is 4.35. The van der Waals surface area contributed by atoms with Crippen molar-refractivity contribution in [3.05, 3.63) is 57.5 Å². The van der Waals surface area contributed by atoms with E-state index < -0.39 is 0 Å². The molecule has 0 bridgehead atoms. The van der Waals surface area contributed by atoms with Crippen LogP contribution in [0.2, 0.25) is 0 Å². The minimum Gasteiger partial charge on any atom is -0.303 e. The van der Waals surface area contributed by atoms with Gasteiger partial charge in [0, 0.05) is 30.1 Å². The summed E-state index contributed by atoms with van der Waals surface area (Å²) in [5, 5.41) is 6.95. The maximum atomic E-state index is 5.63. The molecule has 1 aliphatic rings. The number of likely N-dealkylation sites (tertiary alicyclic amines) is 1. The Morgan fingerprint density at radius 1 is 1.21 bits per heavy atom. The lowest BCUT2D eigenvalue weighted by Crippen LogP contribution is -2.26. The third kappa shape index (κ3) is 2.85. The molecule has 0 spiro atoms. The van der Waals surface area contributed by atoms with Crippen LogP contribution < -0.4 is 0 Å². The molecular weight excluding hydrogens is 336 g/mol. The zero-order chi connectivity index (χ0) is 16.5. The van der Waals surface area contributed by atoms with Gasteiger partial charge in [0.1, 0.15) is 0 Å². The standard InChI is InChI=1S/C18H20N4S2/c1-20-17(14-7-3-2-4-8-14)19-22(18(20)23)13-21-11-5-9-15(21)16-10-6-12-24-16/h2-4,6-8,10,12,15H,5,9,11,13H2,1H3/t15-/m0/s1. The second-order valence-electron chi connectivity index (χ2n) is 6.16. The highest BCUT2D eigenvalue weighted by Crippen LogP contribution is 2.34. The third-order valence-electron chi connectivity index (χ3n) is 4.62. The van der Waals surface area contributed by atoms with Crippen molar-refractivity contribution in [2.45, 2.75) is 25.6 Å². The van der Waals surface area contributed by atoms with Crippen LogP contribution in [0.1, 0.15) is 23.8 Å². The molecule has 0 radical (unpaired) electrons. The topological polar surface area (TPSA) is 26.0 Å². The number of benzene rings is 1. The van der Waals surface area contributed by atoms with E-state index in [2.05, 4.69) is 34.5 Å². The zero-order valence-electron chi connectivity index (χ0n) is 13.6. The van der Waals surface area contributed by atoms with E-state index in [0.29, 0.717) is 6.04 Å². The lowest BCUT2D eigenvalue weighted by Gasteiger charge is -2.23. The van der Waals surface area contributed by atoms with Gasteiger partial charge in [0.25, 0.3) is 0 Å². The van der Waals surface area contributed by atoms with Crippen LogP contribution in [0.15, 0.2) is 47.8 Å². The average Bonchev–Trinajstić information content (AvgIpc) is 3.33. The largest absolute Gasteiger partial charge is 0.303 e. The van der Waals surface area contributed by atoms with Crippen LogP contribution in [0, 0.1) is 4.77 Å². The summed E-state index contributed by atoms with van der Waals surface area (Å²) >= 11 is 7.47. The lowest BCUT2D eigenvalue weighted by molar-refractivity contribution is 0.192. The molecule has 124 valence electrons. The first-order valence-corrected chi connectivity index (χ1v) is 9.49. The fourth-order valence-electron chi connectivity index (χ4n) is 3.39. The van der Waals surface area contributed by atoms with Crippen molar-refractivity contribution < 1.29 is 0 Å². The van der Waals surface area contributed by atoms with E-state index in [4.69, 9.17) is 17.3 Å². The van der Waals surface area contributed by atoms with Gasteiger partial charge >= 0.3 is 0 Å². The molecule has 1 atom stereocenters. The van der Waals surface area contributed by atoms with E-state index in [9.17, 15) is 0 Å². The molecule has 1 aliphatic heterocycles. The summed E-state index contributed by atoms with van der Waals surface area (Å²) in [6.45, 7) is 1.85. The van der Waals surface area contributed by atoms with Gasteiger partial charge < -0.3 is 4.57 Å². The number of hydrogen-bond donors (Lipinski definition) is 0. The molecule has 0 N–H and O–H groups in total. The number of nitrogens with zero attached hydrogens (tertiary/aromatic N) is 4. The molecule has 0 amide bonds. The average molecular weight is 357 g/mol. The second-order valence-corrected chi connectivity index (χ2v) is 7.50. The summed E-state index contributed by atoms with van der Waals surface area (Å²) in [6, 6.07) is 15.1. The van der Waals surface area contributed by atoms with Crippen molar-refractivity contribution in [2.24, 2.45) is 7.05 Å². The summed E-state index contributed by atoms with van der Waals surface area (Å²) < 4.78 is 4.73. The first kappa shape index (κ1) is 15.7. The molecule has 3 heterocycles. The molecule has 1 aromatic carbocycles. The maximum Gasteiger partial charge on any atom is 0.199 e. The smallest absolute Gasteiger partial charge is 0.199 e. The van der Waals surface area contributed by atoms with E-state index >= 15 is 0 Å². The Morgan fingerprint density at radius 2 is 2.04 bits per heavy atom. The van der Waals surface area contributed by atoms with E-state index in [-0.39, 0.29) is 0 Å². The fourth-order valence-corrected chi connectivity index (χ4v) is 4.47. The molecule has 1 fully saturated rings. The Labute approximate surface area is 151 Å². The zero-order valence-corrected chi connectivity index (χ0v) is 15.3. The van der Waals surface area contributed by atoms with E-state index in [1.165, 1.54) is 17.7 Å². The van der Waals surface area contributed by atoms with Crippen LogP contribution in [0.5, 0.6) is 0 Å². The molecule has 0 saturated carbocycles. The molecule has 2 aromatic heterocycles. The summed E-state index contributed by atoms with van der Waals surface area (Å²) in [7, 11) is 1.99. The highest BCUT2D eigenvalue weighted by Gasteiger charge is 2.27. The van der Waals surface area contributed by atoms with Crippen LogP contribution in [0.4, 0.5) is 0 Å². The number of aromatic nitrogens is 3. The van der Waals surface area contributed by atoms with Gasteiger partial charge in [-0.1, -0.05) is 36.4 Å². The van der Waals surface area contributed by atoms with Gasteiger partial charge in [-0.3, -0.25) is 4.90 Å². The number of thiophene rings is 1. The molecular formula is C18H20N4S2. The van der Waals surface area contributed by atoms with Gasteiger partial charge in [0.05, 0.1) is 6.67 Å². The lowest BCUT2D eigenvalue weighted by atomic mass is 10.2. The van der Waals surface area contributed by atoms with Crippen LogP contribution in [-0.4, -0.2) is 25.8 Å². The summed E-state index contributed by atoms with van der Waals surface area (Å²) in [6.07, 6.45) is 2.44. The van der Waals surface area contributed by atoms with Crippen LogP contribution in [0.3, 0.4) is 0 Å². The fraction of sp³-hybridized carbons (Fsp3) is 0.333. The molecule has 24 heavy (non-hydrogen) atoms. The summed E-state index contributed by atoms with van der Waals surface area (Å²) in [5.74, 6) is 0.924. The molecule has 1 saturated heterocycles. The summed E-state index contributed by atoms with van der Waals surface area (Å²) in [4.78, 5) is 3.93. The predicted octanol–water partition coefficient (Wildman–Crippen LogP) is 4.47. The Morgan fingerprint density at radius 3 is 2.79 bits per heavy atom. The van der Waals surface area contributed by atoms with Crippen molar-refractivity contribution in [1.82, 2.24) is 19.2 Å². The highest BCUT2D eigenvalue weighted by atomic mass is 32.1. The minimum absolute atomic E-state index is 0.495. The highest BCUT2D eigenvalue weighted by molar-refractivity contribution is 7.71. The normalized spacial score (nSPS) is 18.3. The molecule has 4 nitrogen and oxygen atoms in total. The minimum atomic E-state index is 0.495. The Bertz CT molecular complexity index is 864. The molecule has 3 aromatic rings. The van der Waals surface area contributed by atoms with Crippen LogP contribution in [-0.2, 0) is 13.7 Å². The van der Waals surface area contributed by atoms with Crippen molar-refractivity contribution in [3.8, 4) is 11.4 Å². The van der Waals surface area contributed by atoms with E-state index in [1.54, 1.807) is 0 Å². The van der Waals surface area contributed by atoms with Gasteiger partial charge in [-0.15, -0.1) is 11.3 Å². The van der Waals surface area contributed by atoms with Gasteiger partial charge in [-0.05, 0) is 36.5 Å². The van der Waals surface area contributed by atoms with Crippen LogP contribution in [0.25, 0.3) is 11.4 Å². The van der Waals surface area contributed by atoms with Gasteiger partial charge in [0.15, 0.2) is 10.6 Å². The first-order valence-electron chi connectivity index (χ1n) is 8.21. The van der Waals surface area contributed by atoms with Crippen LogP contribution >= 0.6 is 23.6 Å². The molecule has 0 unspecified atom stereocenters. The molecule has 4 rings (SSSR count). The summed E-state index contributed by atoms with van der Waals surface area (Å²) in [5.41, 5.74) is 1.10. The Hall–Kier alpha value is -1.76. The van der Waals surface area contributed by atoms with E-state index in [0.717, 1.165) is 29.4 Å². The quantitative estimate of drug-likeness (QED) is 0.645. The van der Waals surface area contributed by atoms with Gasteiger partial charge in [-0.2, -0.15) is 5.10 Å². The van der Waals surface area contributed by atoms with Crippen molar-refractivity contribution in [3.63, 3.8) is 0 Å². The number of hydrogen-bond acceptors (Lipinski definition) is 4. The van der Waals surface area contributed by atoms with E-state index in [1.807, 2.05) is 45.8 Å². The molecule has 0 aliphatic carbocycles. The van der Waals surface area contributed by atoms with Gasteiger partial charge in [0.2, 0.25) is 0 Å². The monoisotopic (exact) mass is 356 g/mol. The Balaban J connectivity index is 1.62. The van der Waals surface area contributed by atoms with Crippen molar-refractivity contribution in [1.29, 1.82) is 0 Å². The van der Waals surface area contributed by atoms with Gasteiger partial charge in [-0.25, -0.2) is 4.68 Å². The van der Waals surface area contributed by atoms with Crippen molar-refractivity contribution in [2.75, 3.05) is 6.54 Å². The van der Waals surface area contributed by atoms with Crippen molar-refractivity contribution >= 4 is 23.6 Å². The number of rotatable bonds is 4. The third-order valence-corrected chi connectivity index (χ3v) is 6.08. The molecule has 6 heteroatoms.